The molecular formula is C24H26N2O3S. The minimum atomic E-state index is -3.79. The summed E-state index contributed by atoms with van der Waals surface area (Å²) < 4.78 is 27.3. The van der Waals surface area contributed by atoms with Crippen molar-refractivity contribution in [3.63, 3.8) is 0 Å². The third-order valence-electron chi connectivity index (χ3n) is 5.08. The Kier molecular flexibility index (Phi) is 6.27. The van der Waals surface area contributed by atoms with E-state index in [0.717, 1.165) is 16.7 Å². The molecule has 0 aliphatic heterocycles. The van der Waals surface area contributed by atoms with Crippen LogP contribution in [0, 0.1) is 13.8 Å². The molecule has 0 aromatic heterocycles. The first kappa shape index (κ1) is 21.6. The first-order valence-corrected chi connectivity index (χ1v) is 11.2. The number of aryl methyl sites for hydroxylation is 2. The number of nitrogens with one attached hydrogen (secondary N) is 1. The number of anilines is 1. The second-order valence-corrected chi connectivity index (χ2v) is 9.41. The van der Waals surface area contributed by atoms with E-state index < -0.39 is 10.0 Å². The first-order chi connectivity index (χ1) is 14.2. The molecule has 1 atom stereocenters. The summed E-state index contributed by atoms with van der Waals surface area (Å²) in [6.07, 6.45) is 0. The Labute approximate surface area is 178 Å². The van der Waals surface area contributed by atoms with Crippen molar-refractivity contribution in [2.75, 3.05) is 11.4 Å². The number of sulfonamides is 1. The number of amides is 1. The fourth-order valence-electron chi connectivity index (χ4n) is 3.07. The number of rotatable bonds is 6. The molecule has 5 nitrogen and oxygen atoms in total. The van der Waals surface area contributed by atoms with E-state index in [-0.39, 0.29) is 16.8 Å². The summed E-state index contributed by atoms with van der Waals surface area (Å²) in [7, 11) is -2.29. The van der Waals surface area contributed by atoms with Crippen molar-refractivity contribution in [2.24, 2.45) is 0 Å². The van der Waals surface area contributed by atoms with Crippen molar-refractivity contribution in [3.8, 4) is 0 Å². The quantitative estimate of drug-likeness (QED) is 0.630. The zero-order valence-corrected chi connectivity index (χ0v) is 18.4. The van der Waals surface area contributed by atoms with E-state index in [1.807, 2.05) is 57.2 Å². The van der Waals surface area contributed by atoms with Gasteiger partial charge in [0.25, 0.3) is 15.9 Å². The summed E-state index contributed by atoms with van der Waals surface area (Å²) in [5.41, 5.74) is 4.03. The second-order valence-electron chi connectivity index (χ2n) is 7.44. The minimum absolute atomic E-state index is 0.0706. The first-order valence-electron chi connectivity index (χ1n) is 9.71. The van der Waals surface area contributed by atoms with Gasteiger partial charge >= 0.3 is 0 Å². The summed E-state index contributed by atoms with van der Waals surface area (Å²) >= 11 is 0. The van der Waals surface area contributed by atoms with Crippen LogP contribution in [-0.2, 0) is 10.0 Å². The molecule has 3 aromatic rings. The molecule has 6 heteroatoms. The molecule has 3 rings (SSSR count). The van der Waals surface area contributed by atoms with Gasteiger partial charge in [-0.1, -0.05) is 53.6 Å². The topological polar surface area (TPSA) is 66.5 Å². The van der Waals surface area contributed by atoms with Gasteiger partial charge in [-0.15, -0.1) is 0 Å². The van der Waals surface area contributed by atoms with Crippen LogP contribution in [0.15, 0.2) is 77.7 Å². The average Bonchev–Trinajstić information content (AvgIpc) is 2.74. The predicted molar refractivity (Wildman–Crippen MR) is 120 cm³/mol. The lowest BCUT2D eigenvalue weighted by Crippen LogP contribution is -2.28. The summed E-state index contributed by atoms with van der Waals surface area (Å²) in [6, 6.07) is 21.1. The Morgan fingerprint density at radius 2 is 1.47 bits per heavy atom. The normalized spacial score (nSPS) is 12.3. The van der Waals surface area contributed by atoms with Gasteiger partial charge in [0.15, 0.2) is 0 Å². The van der Waals surface area contributed by atoms with Gasteiger partial charge < -0.3 is 5.32 Å². The highest BCUT2D eigenvalue weighted by Crippen LogP contribution is 2.23. The maximum atomic E-state index is 13.1. The zero-order valence-electron chi connectivity index (χ0n) is 17.6. The predicted octanol–water partition coefficient (Wildman–Crippen LogP) is 4.62. The van der Waals surface area contributed by atoms with E-state index in [1.165, 1.54) is 23.5 Å². The molecule has 156 valence electrons. The number of benzene rings is 3. The van der Waals surface area contributed by atoms with Crippen LogP contribution in [0.5, 0.6) is 0 Å². The third-order valence-corrected chi connectivity index (χ3v) is 6.86. The summed E-state index contributed by atoms with van der Waals surface area (Å²) in [6.45, 7) is 5.85. The van der Waals surface area contributed by atoms with E-state index in [1.54, 1.807) is 24.3 Å². The van der Waals surface area contributed by atoms with Crippen LogP contribution in [-0.4, -0.2) is 21.4 Å². The van der Waals surface area contributed by atoms with Gasteiger partial charge in [-0.2, -0.15) is 0 Å². The SMILES string of the molecule is Cc1ccc(C(C)NC(=O)c2cccc(S(=O)(=O)N(C)c3ccc(C)cc3)c2)cc1. The molecule has 0 aliphatic rings. The molecular weight excluding hydrogens is 396 g/mol. The molecule has 0 saturated carbocycles. The van der Waals surface area contributed by atoms with Gasteiger partial charge in [-0.05, 0) is 56.7 Å². The maximum absolute atomic E-state index is 13.1. The van der Waals surface area contributed by atoms with Gasteiger partial charge in [0, 0.05) is 12.6 Å². The van der Waals surface area contributed by atoms with Gasteiger partial charge in [0.05, 0.1) is 16.6 Å². The number of carbonyl (C=O) groups excluding carboxylic acids is 1. The van der Waals surface area contributed by atoms with Crippen molar-refractivity contribution >= 4 is 21.6 Å². The molecule has 0 aliphatic carbocycles. The van der Waals surface area contributed by atoms with Crippen LogP contribution >= 0.6 is 0 Å². The lowest BCUT2D eigenvalue weighted by molar-refractivity contribution is 0.0939. The van der Waals surface area contributed by atoms with Crippen molar-refractivity contribution in [3.05, 3.63) is 95.1 Å². The smallest absolute Gasteiger partial charge is 0.264 e. The molecule has 0 heterocycles. The fourth-order valence-corrected chi connectivity index (χ4v) is 4.31. The highest BCUT2D eigenvalue weighted by atomic mass is 32.2. The monoisotopic (exact) mass is 422 g/mol. The van der Waals surface area contributed by atoms with E-state index in [4.69, 9.17) is 0 Å². The van der Waals surface area contributed by atoms with Crippen LogP contribution in [0.1, 0.15) is 40.0 Å². The van der Waals surface area contributed by atoms with E-state index in [2.05, 4.69) is 5.32 Å². The lowest BCUT2D eigenvalue weighted by Gasteiger charge is -2.20. The molecule has 3 aromatic carbocycles. The standard InChI is InChI=1S/C24H26N2O3S/c1-17-8-12-20(13-9-17)19(3)25-24(27)21-6-5-7-23(16-21)30(28,29)26(4)22-14-10-18(2)11-15-22/h5-16,19H,1-4H3,(H,25,27). The van der Waals surface area contributed by atoms with Crippen LogP contribution in [0.2, 0.25) is 0 Å². The Bertz CT molecular complexity index is 1140. The highest BCUT2D eigenvalue weighted by Gasteiger charge is 2.23. The Morgan fingerprint density at radius 3 is 2.07 bits per heavy atom. The van der Waals surface area contributed by atoms with E-state index in [0.29, 0.717) is 11.3 Å². The molecule has 30 heavy (non-hydrogen) atoms. The molecule has 1 N–H and O–H groups in total. The lowest BCUT2D eigenvalue weighted by atomic mass is 10.1. The van der Waals surface area contributed by atoms with Gasteiger partial charge in [-0.25, -0.2) is 8.42 Å². The third kappa shape index (κ3) is 4.71. The van der Waals surface area contributed by atoms with Crippen LogP contribution < -0.4 is 9.62 Å². The second kappa shape index (κ2) is 8.71. The Morgan fingerprint density at radius 1 is 0.900 bits per heavy atom. The number of hydrogen-bond donors (Lipinski definition) is 1. The van der Waals surface area contributed by atoms with Gasteiger partial charge in [0.2, 0.25) is 0 Å². The fraction of sp³-hybridized carbons (Fsp3) is 0.208. The molecule has 0 radical (unpaired) electrons. The molecule has 0 fully saturated rings. The summed E-state index contributed by atoms with van der Waals surface area (Å²) in [5, 5.41) is 2.93. The zero-order chi connectivity index (χ0) is 21.9. The number of nitrogens with zero attached hydrogens (tertiary/aromatic N) is 1. The van der Waals surface area contributed by atoms with Crippen molar-refractivity contribution < 1.29 is 13.2 Å². The Balaban J connectivity index is 1.81. The number of hydrogen-bond acceptors (Lipinski definition) is 3. The maximum Gasteiger partial charge on any atom is 0.264 e. The van der Waals surface area contributed by atoms with Crippen molar-refractivity contribution in [1.29, 1.82) is 0 Å². The van der Waals surface area contributed by atoms with Gasteiger partial charge in [0.1, 0.15) is 0 Å². The molecule has 0 bridgehead atoms. The molecule has 1 unspecified atom stereocenters. The highest BCUT2D eigenvalue weighted by molar-refractivity contribution is 7.92. The minimum Gasteiger partial charge on any atom is -0.346 e. The largest absolute Gasteiger partial charge is 0.346 e. The van der Waals surface area contributed by atoms with Crippen molar-refractivity contribution in [1.82, 2.24) is 5.32 Å². The van der Waals surface area contributed by atoms with Crippen molar-refractivity contribution in [2.45, 2.75) is 31.7 Å². The average molecular weight is 423 g/mol. The Hall–Kier alpha value is -3.12. The van der Waals surface area contributed by atoms with Gasteiger partial charge in [-0.3, -0.25) is 9.10 Å². The van der Waals surface area contributed by atoms with E-state index >= 15 is 0 Å². The van der Waals surface area contributed by atoms with Crippen LogP contribution in [0.4, 0.5) is 5.69 Å². The van der Waals surface area contributed by atoms with E-state index in [9.17, 15) is 13.2 Å². The number of carbonyl (C=O) groups is 1. The molecule has 0 spiro atoms. The van der Waals surface area contributed by atoms with Crippen LogP contribution in [0.25, 0.3) is 0 Å². The summed E-state index contributed by atoms with van der Waals surface area (Å²) in [4.78, 5) is 12.8. The van der Waals surface area contributed by atoms with Crippen LogP contribution in [0.3, 0.4) is 0 Å². The molecule has 0 saturated heterocycles. The molecule has 1 amide bonds. The summed E-state index contributed by atoms with van der Waals surface area (Å²) in [5.74, 6) is -0.321.